The number of hydrogen-bond acceptors (Lipinski definition) is 5. The average Bonchev–Trinajstić information content (AvgIpc) is 3.23. The first-order valence-corrected chi connectivity index (χ1v) is 11.8. The second kappa shape index (κ2) is 10.0. The second-order valence-corrected chi connectivity index (χ2v) is 8.70. The molecular formula is C27H25F3N4O3. The highest BCUT2D eigenvalue weighted by Gasteiger charge is 2.32. The van der Waals surface area contributed by atoms with Gasteiger partial charge in [-0.1, -0.05) is 12.1 Å². The molecule has 0 aromatic heterocycles. The van der Waals surface area contributed by atoms with Crippen molar-refractivity contribution in [2.45, 2.75) is 12.6 Å². The molecule has 0 saturated carbocycles. The molecule has 0 radical (unpaired) electrons. The fourth-order valence-electron chi connectivity index (χ4n) is 4.35. The average molecular weight is 511 g/mol. The van der Waals surface area contributed by atoms with E-state index in [0.29, 0.717) is 66.9 Å². The van der Waals surface area contributed by atoms with E-state index in [1.165, 1.54) is 6.07 Å². The maximum absolute atomic E-state index is 13.3. The molecule has 192 valence electrons. The summed E-state index contributed by atoms with van der Waals surface area (Å²) in [6.07, 6.45) is -3.80. The highest BCUT2D eigenvalue weighted by atomic mass is 19.4. The molecule has 1 saturated heterocycles. The summed E-state index contributed by atoms with van der Waals surface area (Å²) in [5.74, 6) is 1.78. The molecule has 2 heterocycles. The topological polar surface area (TPSA) is 66.4 Å². The van der Waals surface area contributed by atoms with Crippen LogP contribution in [0.15, 0.2) is 71.7 Å². The van der Waals surface area contributed by atoms with Crippen molar-refractivity contribution in [1.29, 1.82) is 0 Å². The van der Waals surface area contributed by atoms with Crippen molar-refractivity contribution in [3.05, 3.63) is 77.9 Å². The Balaban J connectivity index is 1.37. The van der Waals surface area contributed by atoms with Gasteiger partial charge in [0, 0.05) is 31.9 Å². The normalized spacial score (nSPS) is 15.4. The van der Waals surface area contributed by atoms with Crippen LogP contribution < -0.4 is 14.8 Å². The minimum absolute atomic E-state index is 0.0487. The number of fused-ring (bicyclic) bond motifs is 2. The van der Waals surface area contributed by atoms with Crippen LogP contribution in [0.4, 0.5) is 29.3 Å². The third-order valence-corrected chi connectivity index (χ3v) is 6.29. The standard InChI is InChI=1S/C27H25F3N4O3/c1-36-20-10-8-19(9-11-20)31-26(35)34-14-4-13-33(15-16-34)25-21-5-2-3-6-23(21)37-24-17-18(27(28,29)30)7-12-22(24)32-25/h2-3,5-12,17H,4,13-16H2,1H3,(H,31,35). The number of para-hydroxylation sites is 1. The van der Waals surface area contributed by atoms with E-state index in [2.05, 4.69) is 10.2 Å². The number of amidine groups is 1. The lowest BCUT2D eigenvalue weighted by Crippen LogP contribution is -2.39. The molecule has 0 spiro atoms. The first-order valence-electron chi connectivity index (χ1n) is 11.8. The summed E-state index contributed by atoms with van der Waals surface area (Å²) in [6, 6.07) is 17.4. The maximum atomic E-state index is 13.3. The largest absolute Gasteiger partial charge is 0.497 e. The number of rotatable bonds is 2. The molecule has 37 heavy (non-hydrogen) atoms. The summed E-state index contributed by atoms with van der Waals surface area (Å²) < 4.78 is 51.0. The molecular weight excluding hydrogens is 485 g/mol. The number of hydrogen-bond donors (Lipinski definition) is 1. The Kier molecular flexibility index (Phi) is 6.64. The monoisotopic (exact) mass is 510 g/mol. The fraction of sp³-hybridized carbons (Fsp3) is 0.259. The van der Waals surface area contributed by atoms with Crippen LogP contribution >= 0.6 is 0 Å². The molecule has 3 aromatic rings. The SMILES string of the molecule is COc1ccc(NC(=O)N2CCCN(C3=Nc4ccc(C(F)(F)F)cc4Oc4ccccc43)CC2)cc1. The van der Waals surface area contributed by atoms with Gasteiger partial charge in [-0.25, -0.2) is 9.79 Å². The van der Waals surface area contributed by atoms with Crippen LogP contribution in [0.25, 0.3) is 0 Å². The highest BCUT2D eigenvalue weighted by Crippen LogP contribution is 2.41. The predicted octanol–water partition coefficient (Wildman–Crippen LogP) is 6.14. The van der Waals surface area contributed by atoms with E-state index < -0.39 is 11.7 Å². The summed E-state index contributed by atoms with van der Waals surface area (Å²) in [7, 11) is 1.58. The van der Waals surface area contributed by atoms with E-state index in [1.807, 2.05) is 12.1 Å². The Morgan fingerprint density at radius 3 is 2.51 bits per heavy atom. The van der Waals surface area contributed by atoms with Crippen LogP contribution in [-0.2, 0) is 6.18 Å². The number of halogens is 3. The summed E-state index contributed by atoms with van der Waals surface area (Å²) in [5, 5.41) is 2.91. The summed E-state index contributed by atoms with van der Waals surface area (Å²) >= 11 is 0. The zero-order chi connectivity index (χ0) is 26.0. The Hall–Kier alpha value is -4.21. The number of nitrogens with zero attached hydrogens (tertiary/aromatic N) is 3. The number of urea groups is 1. The molecule has 2 aliphatic heterocycles. The first-order chi connectivity index (χ1) is 17.8. The van der Waals surface area contributed by atoms with Crippen LogP contribution in [0.1, 0.15) is 17.5 Å². The zero-order valence-electron chi connectivity index (χ0n) is 20.1. The van der Waals surface area contributed by atoms with E-state index in [4.69, 9.17) is 14.5 Å². The minimum Gasteiger partial charge on any atom is -0.497 e. The molecule has 1 N–H and O–H groups in total. The molecule has 5 rings (SSSR count). The van der Waals surface area contributed by atoms with Gasteiger partial charge in [-0.05, 0) is 61.0 Å². The van der Waals surface area contributed by atoms with Crippen molar-refractivity contribution in [1.82, 2.24) is 9.80 Å². The molecule has 0 atom stereocenters. The van der Waals surface area contributed by atoms with Gasteiger partial charge in [-0.3, -0.25) is 0 Å². The van der Waals surface area contributed by atoms with E-state index in [0.717, 1.165) is 12.1 Å². The zero-order valence-corrected chi connectivity index (χ0v) is 20.1. The number of anilines is 1. The summed E-state index contributed by atoms with van der Waals surface area (Å²) in [4.78, 5) is 21.4. The van der Waals surface area contributed by atoms with Crippen molar-refractivity contribution >= 4 is 23.2 Å². The predicted molar refractivity (Wildman–Crippen MR) is 134 cm³/mol. The van der Waals surface area contributed by atoms with E-state index in [1.54, 1.807) is 48.4 Å². The van der Waals surface area contributed by atoms with Crippen molar-refractivity contribution in [2.24, 2.45) is 4.99 Å². The Labute approximate surface area is 212 Å². The number of ether oxygens (including phenoxy) is 2. The van der Waals surface area contributed by atoms with Gasteiger partial charge in [0.05, 0.1) is 18.2 Å². The molecule has 0 bridgehead atoms. The number of alkyl halides is 3. The Morgan fingerprint density at radius 2 is 1.76 bits per heavy atom. The van der Waals surface area contributed by atoms with Gasteiger partial charge >= 0.3 is 12.2 Å². The maximum Gasteiger partial charge on any atom is 0.416 e. The van der Waals surface area contributed by atoms with Gasteiger partial charge in [0.25, 0.3) is 0 Å². The van der Waals surface area contributed by atoms with Gasteiger partial charge in [0.1, 0.15) is 23.0 Å². The second-order valence-electron chi connectivity index (χ2n) is 8.70. The van der Waals surface area contributed by atoms with Crippen LogP contribution in [0, 0.1) is 0 Å². The number of nitrogens with one attached hydrogen (secondary N) is 1. The van der Waals surface area contributed by atoms with Gasteiger partial charge in [0.2, 0.25) is 0 Å². The van der Waals surface area contributed by atoms with Crippen LogP contribution in [-0.4, -0.2) is 55.0 Å². The lowest BCUT2D eigenvalue weighted by atomic mass is 10.1. The Bertz CT molecular complexity index is 1330. The van der Waals surface area contributed by atoms with E-state index in [-0.39, 0.29) is 11.8 Å². The highest BCUT2D eigenvalue weighted by molar-refractivity contribution is 6.03. The van der Waals surface area contributed by atoms with Gasteiger partial charge in [-0.2, -0.15) is 13.2 Å². The number of benzene rings is 3. The molecule has 1 fully saturated rings. The van der Waals surface area contributed by atoms with Gasteiger partial charge < -0.3 is 24.6 Å². The number of aliphatic imine (C=N–C) groups is 1. The van der Waals surface area contributed by atoms with Crippen molar-refractivity contribution < 1.29 is 27.4 Å². The summed E-state index contributed by atoms with van der Waals surface area (Å²) in [5.41, 5.74) is 0.873. The minimum atomic E-state index is -4.49. The van der Waals surface area contributed by atoms with Crippen molar-refractivity contribution in [3.8, 4) is 17.2 Å². The van der Waals surface area contributed by atoms with Crippen LogP contribution in [0.2, 0.25) is 0 Å². The van der Waals surface area contributed by atoms with Gasteiger partial charge in [0.15, 0.2) is 5.75 Å². The van der Waals surface area contributed by atoms with Crippen LogP contribution in [0.5, 0.6) is 17.2 Å². The van der Waals surface area contributed by atoms with Crippen LogP contribution in [0.3, 0.4) is 0 Å². The molecule has 2 amide bonds. The summed E-state index contributed by atoms with van der Waals surface area (Å²) in [6.45, 7) is 2.12. The number of carbonyl (C=O) groups excluding carboxylic acids is 1. The third-order valence-electron chi connectivity index (χ3n) is 6.29. The molecule has 2 aliphatic rings. The lowest BCUT2D eigenvalue weighted by molar-refractivity contribution is -0.137. The Morgan fingerprint density at radius 1 is 0.973 bits per heavy atom. The first kappa shape index (κ1) is 24.5. The lowest BCUT2D eigenvalue weighted by Gasteiger charge is -2.25. The van der Waals surface area contributed by atoms with Crippen molar-refractivity contribution in [2.75, 3.05) is 38.6 Å². The number of amides is 2. The molecule has 0 aliphatic carbocycles. The van der Waals surface area contributed by atoms with Crippen molar-refractivity contribution in [3.63, 3.8) is 0 Å². The number of carbonyl (C=O) groups is 1. The molecule has 3 aromatic carbocycles. The fourth-order valence-corrected chi connectivity index (χ4v) is 4.35. The third kappa shape index (κ3) is 5.32. The molecule has 7 nitrogen and oxygen atoms in total. The van der Waals surface area contributed by atoms with Gasteiger partial charge in [-0.15, -0.1) is 0 Å². The van der Waals surface area contributed by atoms with E-state index in [9.17, 15) is 18.0 Å². The molecule has 10 heteroatoms. The van der Waals surface area contributed by atoms with E-state index >= 15 is 0 Å². The quantitative estimate of drug-likeness (QED) is 0.450. The number of methoxy groups -OCH3 is 1. The molecule has 0 unspecified atom stereocenters. The smallest absolute Gasteiger partial charge is 0.416 e.